The summed E-state index contributed by atoms with van der Waals surface area (Å²) in [5.74, 6) is 2.42. The van der Waals surface area contributed by atoms with Gasteiger partial charge in [0.2, 0.25) is 0 Å². The fraction of sp³-hybridized carbons (Fsp3) is 0.455. The molecule has 0 aromatic heterocycles. The second-order valence-corrected chi connectivity index (χ2v) is 5.16. The van der Waals surface area contributed by atoms with Gasteiger partial charge < -0.3 is 10.6 Å². The number of anilines is 1. The summed E-state index contributed by atoms with van der Waals surface area (Å²) in [6.45, 7) is 1.62. The molecule has 1 fully saturated rings. The van der Waals surface area contributed by atoms with E-state index in [-0.39, 0.29) is 0 Å². The molecule has 0 aliphatic carbocycles. The van der Waals surface area contributed by atoms with Gasteiger partial charge in [-0.1, -0.05) is 11.6 Å². The van der Waals surface area contributed by atoms with E-state index in [2.05, 4.69) is 17.0 Å². The van der Waals surface area contributed by atoms with Gasteiger partial charge in [-0.25, -0.2) is 0 Å². The third-order valence-electron chi connectivity index (χ3n) is 2.59. The van der Waals surface area contributed by atoms with E-state index >= 15 is 0 Å². The van der Waals surface area contributed by atoms with Gasteiger partial charge in [0, 0.05) is 41.3 Å². The van der Waals surface area contributed by atoms with Gasteiger partial charge in [-0.2, -0.15) is 11.8 Å². The molecule has 15 heavy (non-hydrogen) atoms. The van der Waals surface area contributed by atoms with Crippen LogP contribution in [-0.4, -0.2) is 30.6 Å². The molecule has 0 saturated carbocycles. The van der Waals surface area contributed by atoms with Gasteiger partial charge >= 0.3 is 0 Å². The first-order valence-electron chi connectivity index (χ1n) is 5.11. The van der Waals surface area contributed by atoms with Crippen LogP contribution in [-0.2, 0) is 0 Å². The second-order valence-electron chi connectivity index (χ2n) is 3.65. The van der Waals surface area contributed by atoms with E-state index in [1.807, 2.05) is 23.9 Å². The van der Waals surface area contributed by atoms with Gasteiger partial charge in [0.25, 0.3) is 0 Å². The van der Waals surface area contributed by atoms with E-state index in [1.54, 1.807) is 0 Å². The van der Waals surface area contributed by atoms with Crippen LogP contribution in [0.2, 0.25) is 5.02 Å². The van der Waals surface area contributed by atoms with Crippen LogP contribution >= 0.6 is 23.4 Å². The molecule has 1 aliphatic heterocycles. The van der Waals surface area contributed by atoms with Crippen LogP contribution in [0.1, 0.15) is 0 Å². The highest BCUT2D eigenvalue weighted by Crippen LogP contribution is 2.28. The average molecular weight is 243 g/mol. The number of nitrogens with two attached hydrogens (primary N) is 1. The molecule has 0 radical (unpaired) electrons. The van der Waals surface area contributed by atoms with E-state index in [9.17, 15) is 0 Å². The lowest BCUT2D eigenvalue weighted by molar-refractivity contribution is 0.677. The largest absolute Gasteiger partial charge is 0.366 e. The highest BCUT2D eigenvalue weighted by molar-refractivity contribution is 8.00. The summed E-state index contributed by atoms with van der Waals surface area (Å²) in [4.78, 5) is 2.38. The van der Waals surface area contributed by atoms with E-state index in [1.165, 1.54) is 17.2 Å². The average Bonchev–Trinajstić information content (AvgIpc) is 2.16. The molecule has 4 heteroatoms. The summed E-state index contributed by atoms with van der Waals surface area (Å²) < 4.78 is 0. The summed E-state index contributed by atoms with van der Waals surface area (Å²) >= 11 is 7.86. The maximum Gasteiger partial charge on any atom is 0.0471 e. The first-order chi connectivity index (χ1) is 7.31. The Morgan fingerprint density at radius 1 is 1.33 bits per heavy atom. The van der Waals surface area contributed by atoms with Crippen LogP contribution in [0.15, 0.2) is 24.3 Å². The quantitative estimate of drug-likeness (QED) is 0.878. The molecule has 0 bridgehead atoms. The van der Waals surface area contributed by atoms with Gasteiger partial charge in [0.05, 0.1) is 0 Å². The first-order valence-corrected chi connectivity index (χ1v) is 6.64. The predicted molar refractivity (Wildman–Crippen MR) is 69.0 cm³/mol. The Balaban J connectivity index is 2.12. The van der Waals surface area contributed by atoms with E-state index < -0.39 is 0 Å². The Morgan fingerprint density at radius 2 is 2.00 bits per heavy atom. The topological polar surface area (TPSA) is 29.3 Å². The molecule has 0 amide bonds. The van der Waals surface area contributed by atoms with Crippen LogP contribution in [0, 0.1) is 0 Å². The second kappa shape index (κ2) is 5.10. The van der Waals surface area contributed by atoms with Gasteiger partial charge in [0.1, 0.15) is 0 Å². The molecule has 1 heterocycles. The Kier molecular flexibility index (Phi) is 3.78. The lowest BCUT2D eigenvalue weighted by Crippen LogP contribution is -2.46. The Hall–Kier alpha value is -0.380. The van der Waals surface area contributed by atoms with Crippen molar-refractivity contribution in [3.8, 4) is 0 Å². The molecule has 1 saturated heterocycles. The zero-order valence-electron chi connectivity index (χ0n) is 8.53. The Morgan fingerprint density at radius 3 is 2.47 bits per heavy atom. The highest BCUT2D eigenvalue weighted by Gasteiger charge is 2.25. The molecule has 0 spiro atoms. The van der Waals surface area contributed by atoms with E-state index in [0.717, 1.165) is 11.6 Å². The fourth-order valence-corrected chi connectivity index (χ4v) is 2.63. The zero-order valence-corrected chi connectivity index (χ0v) is 10.1. The number of hydrogen-bond donors (Lipinski definition) is 1. The summed E-state index contributed by atoms with van der Waals surface area (Å²) in [6.07, 6.45) is 0. The molecule has 1 aromatic carbocycles. The molecular formula is C11H15ClN2S. The number of benzene rings is 1. The van der Waals surface area contributed by atoms with Gasteiger partial charge in [-0.3, -0.25) is 0 Å². The number of nitrogens with zero attached hydrogens (tertiary/aromatic N) is 1. The molecule has 1 aromatic rings. The molecule has 1 aliphatic rings. The normalized spacial score (nSPS) is 16.1. The van der Waals surface area contributed by atoms with Gasteiger partial charge in [-0.15, -0.1) is 0 Å². The number of hydrogen-bond acceptors (Lipinski definition) is 3. The third-order valence-corrected chi connectivity index (χ3v) is 4.08. The fourth-order valence-electron chi connectivity index (χ4n) is 1.70. The number of rotatable bonds is 4. The zero-order chi connectivity index (χ0) is 10.7. The van der Waals surface area contributed by atoms with Crippen LogP contribution in [0.4, 0.5) is 5.69 Å². The summed E-state index contributed by atoms with van der Waals surface area (Å²) in [7, 11) is 0. The van der Waals surface area contributed by atoms with Crippen LogP contribution in [0.5, 0.6) is 0 Å². The maximum atomic E-state index is 5.87. The van der Waals surface area contributed by atoms with Crippen molar-refractivity contribution < 1.29 is 0 Å². The van der Waals surface area contributed by atoms with Crippen molar-refractivity contribution in [1.29, 1.82) is 0 Å². The molecule has 0 unspecified atom stereocenters. The van der Waals surface area contributed by atoms with E-state index in [0.29, 0.717) is 12.6 Å². The maximum absolute atomic E-state index is 5.87. The predicted octanol–water partition coefficient (Wildman–Crippen LogP) is 2.22. The van der Waals surface area contributed by atoms with Gasteiger partial charge in [-0.05, 0) is 24.3 Å². The minimum absolute atomic E-state index is 0.653. The molecule has 0 atom stereocenters. The van der Waals surface area contributed by atoms with Crippen molar-refractivity contribution in [2.24, 2.45) is 5.73 Å². The molecule has 2 rings (SSSR count). The standard InChI is InChI=1S/C11H15ClN2S/c12-9-1-3-10(4-2-9)14(6-5-13)11-7-15-8-11/h1-4,11H,5-8,13H2. The van der Waals surface area contributed by atoms with Crippen LogP contribution in [0.3, 0.4) is 0 Å². The molecule has 82 valence electrons. The summed E-state index contributed by atoms with van der Waals surface area (Å²) in [5, 5.41) is 0.787. The van der Waals surface area contributed by atoms with Crippen molar-refractivity contribution >= 4 is 29.1 Å². The molecular weight excluding hydrogens is 228 g/mol. The smallest absolute Gasteiger partial charge is 0.0471 e. The van der Waals surface area contributed by atoms with Crippen LogP contribution in [0.25, 0.3) is 0 Å². The number of halogens is 1. The van der Waals surface area contributed by atoms with Crippen LogP contribution < -0.4 is 10.6 Å². The van der Waals surface area contributed by atoms with Crippen molar-refractivity contribution in [2.75, 3.05) is 29.5 Å². The van der Waals surface area contributed by atoms with Crippen molar-refractivity contribution in [1.82, 2.24) is 0 Å². The van der Waals surface area contributed by atoms with Crippen molar-refractivity contribution in [3.05, 3.63) is 29.3 Å². The SMILES string of the molecule is NCCN(c1ccc(Cl)cc1)C1CSC1. The molecule has 2 N–H and O–H groups in total. The summed E-state index contributed by atoms with van der Waals surface area (Å²) in [5.41, 5.74) is 6.87. The molecule has 2 nitrogen and oxygen atoms in total. The Labute approximate surface area is 99.8 Å². The third kappa shape index (κ3) is 2.60. The minimum atomic E-state index is 0.653. The van der Waals surface area contributed by atoms with Crippen molar-refractivity contribution in [2.45, 2.75) is 6.04 Å². The van der Waals surface area contributed by atoms with E-state index in [4.69, 9.17) is 17.3 Å². The summed E-state index contributed by atoms with van der Waals surface area (Å²) in [6, 6.07) is 8.67. The minimum Gasteiger partial charge on any atom is -0.366 e. The highest BCUT2D eigenvalue weighted by atomic mass is 35.5. The lowest BCUT2D eigenvalue weighted by atomic mass is 10.2. The Bertz CT molecular complexity index is 311. The monoisotopic (exact) mass is 242 g/mol. The number of thioether (sulfide) groups is 1. The van der Waals surface area contributed by atoms with Crippen molar-refractivity contribution in [3.63, 3.8) is 0 Å². The lowest BCUT2D eigenvalue weighted by Gasteiger charge is -2.38. The van der Waals surface area contributed by atoms with Gasteiger partial charge in [0.15, 0.2) is 0 Å². The first kappa shape index (κ1) is 11.1.